The summed E-state index contributed by atoms with van der Waals surface area (Å²) in [6.07, 6.45) is 16.0. The van der Waals surface area contributed by atoms with Crippen LogP contribution in [0.15, 0.2) is 0 Å². The first kappa shape index (κ1) is 24.6. The first-order valence-electron chi connectivity index (χ1n) is 9.63. The van der Waals surface area contributed by atoms with Crippen LogP contribution in [0.4, 0.5) is 0 Å². The molecule has 0 aromatic heterocycles. The van der Waals surface area contributed by atoms with Crippen LogP contribution in [0.2, 0.25) is 0 Å². The summed E-state index contributed by atoms with van der Waals surface area (Å²) in [6, 6.07) is 0. The number of hydrogen-bond acceptors (Lipinski definition) is 1. The van der Waals surface area contributed by atoms with E-state index in [0.717, 1.165) is 6.42 Å². The molecule has 0 fully saturated rings. The van der Waals surface area contributed by atoms with Gasteiger partial charge in [-0.2, -0.15) is 0 Å². The molecule has 0 radical (unpaired) electrons. The van der Waals surface area contributed by atoms with Crippen LogP contribution in [0.1, 0.15) is 90.9 Å². The Morgan fingerprint density at radius 1 is 0.591 bits per heavy atom. The molecule has 3 heteroatoms. The van der Waals surface area contributed by atoms with Gasteiger partial charge in [-0.05, 0) is 38.5 Å². The second-order valence-corrected chi connectivity index (χ2v) is 7.05. The van der Waals surface area contributed by atoms with Crippen molar-refractivity contribution in [1.82, 2.24) is 0 Å². The molecule has 22 heavy (non-hydrogen) atoms. The van der Waals surface area contributed by atoms with Crippen molar-refractivity contribution in [2.24, 2.45) is 0 Å². The fourth-order valence-electron chi connectivity index (χ4n) is 3.13. The number of aliphatic hydroxyl groups excluding tert-OH is 1. The summed E-state index contributed by atoms with van der Waals surface area (Å²) < 4.78 is 1.23. The van der Waals surface area contributed by atoms with Gasteiger partial charge in [0.2, 0.25) is 0 Å². The van der Waals surface area contributed by atoms with Gasteiger partial charge in [-0.15, -0.1) is 0 Å². The Balaban J connectivity index is 0. The Morgan fingerprint density at radius 3 is 1.32 bits per heavy atom. The van der Waals surface area contributed by atoms with E-state index in [4.69, 9.17) is 5.11 Å². The molecule has 0 amide bonds. The van der Waals surface area contributed by atoms with Gasteiger partial charge >= 0.3 is 0 Å². The molecule has 0 aliphatic heterocycles. The molecule has 0 aliphatic carbocycles. The van der Waals surface area contributed by atoms with Crippen molar-refractivity contribution in [3.8, 4) is 0 Å². The Hall–Kier alpha value is 0.400. The van der Waals surface area contributed by atoms with E-state index in [2.05, 4.69) is 20.9 Å². The van der Waals surface area contributed by atoms with Crippen LogP contribution in [-0.4, -0.2) is 42.9 Å². The lowest BCUT2D eigenvalue weighted by molar-refractivity contribution is -0.910. The van der Waals surface area contributed by atoms with Crippen LogP contribution < -0.4 is 17.0 Å². The smallest absolute Gasteiger partial charge is 0.0785 e. The number of rotatable bonds is 16. The van der Waals surface area contributed by atoms with Crippen LogP contribution in [0, 0.1) is 0 Å². The van der Waals surface area contributed by atoms with Crippen LogP contribution in [0.25, 0.3) is 0 Å². The van der Waals surface area contributed by atoms with Crippen molar-refractivity contribution in [1.29, 1.82) is 0 Å². The van der Waals surface area contributed by atoms with E-state index >= 15 is 0 Å². The lowest BCUT2D eigenvalue weighted by atomic mass is 10.1. The van der Waals surface area contributed by atoms with E-state index in [1.165, 1.54) is 94.7 Å². The number of hydrogen-bond donors (Lipinski definition) is 1. The maximum absolute atomic E-state index is 9.00. The summed E-state index contributed by atoms with van der Waals surface area (Å²) >= 11 is 0. The molecular weight excluding hydrogens is 338 g/mol. The second kappa shape index (κ2) is 17.7. The minimum absolute atomic E-state index is 0. The molecule has 0 atom stereocenters. The van der Waals surface area contributed by atoms with Crippen LogP contribution in [0.5, 0.6) is 0 Å². The zero-order valence-electron chi connectivity index (χ0n) is 15.6. The van der Waals surface area contributed by atoms with Gasteiger partial charge in [0.05, 0.1) is 26.7 Å². The third-order valence-electron chi connectivity index (χ3n) is 4.71. The third kappa shape index (κ3) is 15.3. The molecule has 0 heterocycles. The fraction of sp³-hybridized carbons (Fsp3) is 1.00. The molecule has 0 bridgehead atoms. The Bertz CT molecular complexity index is 198. The second-order valence-electron chi connectivity index (χ2n) is 7.05. The molecule has 136 valence electrons. The standard InChI is InChI=1S/C19H42NO.BrH/c1-4-6-8-10-12-16-20(3,18-14-15-19-21)17-13-11-9-7-5-2;/h21H,4-19H2,1-3H3;1H/q+1;/p-1. The number of quaternary nitrogens is 1. The molecule has 2 nitrogen and oxygen atoms in total. The topological polar surface area (TPSA) is 20.2 Å². The normalized spacial score (nSPS) is 11.5. The molecule has 0 saturated carbocycles. The summed E-state index contributed by atoms with van der Waals surface area (Å²) in [5.41, 5.74) is 0. The number of aliphatic hydroxyl groups is 1. The Kier molecular flexibility index (Phi) is 19.9. The van der Waals surface area contributed by atoms with Gasteiger partial charge in [0.1, 0.15) is 0 Å². The summed E-state index contributed by atoms with van der Waals surface area (Å²) in [7, 11) is 2.44. The average Bonchev–Trinajstić information content (AvgIpc) is 2.47. The fourth-order valence-corrected chi connectivity index (χ4v) is 3.13. The van der Waals surface area contributed by atoms with Gasteiger partial charge in [-0.3, -0.25) is 0 Å². The van der Waals surface area contributed by atoms with Crippen LogP contribution >= 0.6 is 0 Å². The largest absolute Gasteiger partial charge is 1.00 e. The first-order valence-corrected chi connectivity index (χ1v) is 9.63. The van der Waals surface area contributed by atoms with E-state index < -0.39 is 0 Å². The van der Waals surface area contributed by atoms with Gasteiger partial charge in [0.15, 0.2) is 0 Å². The highest BCUT2D eigenvalue weighted by Crippen LogP contribution is 2.14. The molecule has 0 aliphatic rings. The van der Waals surface area contributed by atoms with Crippen molar-refractivity contribution in [3.63, 3.8) is 0 Å². The Labute approximate surface area is 151 Å². The quantitative estimate of drug-likeness (QED) is 0.321. The van der Waals surface area contributed by atoms with Crippen LogP contribution in [-0.2, 0) is 0 Å². The predicted octanol–water partition coefficient (Wildman–Crippen LogP) is 2.15. The van der Waals surface area contributed by atoms with Crippen molar-refractivity contribution in [2.45, 2.75) is 90.9 Å². The maximum atomic E-state index is 9.00. The number of halogens is 1. The van der Waals surface area contributed by atoms with E-state index in [0.29, 0.717) is 6.61 Å². The predicted molar refractivity (Wildman–Crippen MR) is 94.6 cm³/mol. The zero-order chi connectivity index (χ0) is 15.8. The van der Waals surface area contributed by atoms with Gasteiger partial charge in [-0.25, -0.2) is 0 Å². The molecule has 0 unspecified atom stereocenters. The van der Waals surface area contributed by atoms with Crippen molar-refractivity contribution in [3.05, 3.63) is 0 Å². The van der Waals surface area contributed by atoms with E-state index in [9.17, 15) is 0 Å². The zero-order valence-corrected chi connectivity index (χ0v) is 17.2. The number of nitrogens with zero attached hydrogens (tertiary/aromatic N) is 1. The molecule has 0 rings (SSSR count). The van der Waals surface area contributed by atoms with Gasteiger partial charge in [0.25, 0.3) is 0 Å². The highest BCUT2D eigenvalue weighted by Gasteiger charge is 2.19. The molecule has 0 aromatic rings. The third-order valence-corrected chi connectivity index (χ3v) is 4.71. The van der Waals surface area contributed by atoms with Gasteiger partial charge in [0, 0.05) is 6.61 Å². The summed E-state index contributed by atoms with van der Waals surface area (Å²) in [4.78, 5) is 0. The minimum atomic E-state index is 0. The SMILES string of the molecule is CCCCCCC[N+](C)(CCCCO)CCCCCCC.[Br-]. The molecule has 1 N–H and O–H groups in total. The van der Waals surface area contributed by atoms with E-state index in [1.807, 2.05) is 0 Å². The molecule has 0 saturated heterocycles. The number of unbranched alkanes of at least 4 members (excludes halogenated alkanes) is 9. The van der Waals surface area contributed by atoms with Crippen molar-refractivity contribution >= 4 is 0 Å². The molecular formula is C19H42BrNO. The van der Waals surface area contributed by atoms with Crippen molar-refractivity contribution in [2.75, 3.05) is 33.3 Å². The van der Waals surface area contributed by atoms with Crippen molar-refractivity contribution < 1.29 is 26.6 Å². The summed E-state index contributed by atoms with van der Waals surface area (Å²) in [5.74, 6) is 0. The highest BCUT2D eigenvalue weighted by atomic mass is 79.9. The van der Waals surface area contributed by atoms with Crippen LogP contribution in [0.3, 0.4) is 0 Å². The van der Waals surface area contributed by atoms with E-state index in [-0.39, 0.29) is 17.0 Å². The lowest BCUT2D eigenvalue weighted by Crippen LogP contribution is -3.00. The van der Waals surface area contributed by atoms with Gasteiger partial charge in [-0.1, -0.05) is 52.4 Å². The Morgan fingerprint density at radius 2 is 0.955 bits per heavy atom. The molecule has 0 aromatic carbocycles. The van der Waals surface area contributed by atoms with Gasteiger partial charge < -0.3 is 26.6 Å². The average molecular weight is 380 g/mol. The summed E-state index contributed by atoms with van der Waals surface area (Å²) in [6.45, 7) is 8.84. The maximum Gasteiger partial charge on any atom is 0.0785 e. The monoisotopic (exact) mass is 379 g/mol. The summed E-state index contributed by atoms with van der Waals surface area (Å²) in [5, 5.41) is 9.00. The lowest BCUT2D eigenvalue weighted by Gasteiger charge is -2.35. The minimum Gasteiger partial charge on any atom is -1.00 e. The van der Waals surface area contributed by atoms with E-state index in [1.54, 1.807) is 0 Å². The first-order chi connectivity index (χ1) is 10.2. The highest BCUT2D eigenvalue weighted by molar-refractivity contribution is 4.49. The molecule has 0 spiro atoms.